The Morgan fingerprint density at radius 3 is 2.38 bits per heavy atom. The molecule has 3 rings (SSSR count). The Bertz CT molecular complexity index is 993. The number of ether oxygens (including phenoxy) is 2. The highest BCUT2D eigenvalue weighted by Crippen LogP contribution is 2.21. The van der Waals surface area contributed by atoms with Crippen LogP contribution in [0.25, 0.3) is 0 Å². The summed E-state index contributed by atoms with van der Waals surface area (Å²) in [4.78, 5) is 15.3. The van der Waals surface area contributed by atoms with Crippen LogP contribution in [0.15, 0.2) is 72.9 Å². The van der Waals surface area contributed by atoms with Gasteiger partial charge in [0.1, 0.15) is 24.2 Å². The number of para-hydroxylation sites is 1. The minimum atomic E-state index is -0.705. The number of benzene rings is 2. The van der Waals surface area contributed by atoms with Gasteiger partial charge in [-0.15, -0.1) is 24.8 Å². The van der Waals surface area contributed by atoms with Gasteiger partial charge in [-0.3, -0.25) is 4.79 Å². The Hall–Kier alpha value is -2.88. The molecule has 0 fully saturated rings. The lowest BCUT2D eigenvalue weighted by molar-refractivity contribution is 0.0995. The van der Waals surface area contributed by atoms with Crippen LogP contribution in [-0.4, -0.2) is 53.0 Å². The summed E-state index contributed by atoms with van der Waals surface area (Å²) in [6.45, 7) is 0.377. The van der Waals surface area contributed by atoms with E-state index in [0.717, 1.165) is 5.56 Å². The molecule has 34 heavy (non-hydrogen) atoms. The van der Waals surface area contributed by atoms with Crippen LogP contribution < -0.4 is 20.5 Å². The first-order valence-electron chi connectivity index (χ1n) is 10.3. The smallest absolute Gasteiger partial charge is 0.248 e. The van der Waals surface area contributed by atoms with E-state index in [-0.39, 0.29) is 49.9 Å². The molecule has 0 aliphatic rings. The van der Waals surface area contributed by atoms with Gasteiger partial charge < -0.3 is 30.7 Å². The molecule has 184 valence electrons. The standard InChI is InChI=1S/C24H27N3O5.2ClH/c25-24(30)18-10-11-26-23(13-18)32-22-8-6-17(7-9-22)12-19(15-28)27-14-20(29)16-31-21-4-2-1-3-5-21;;/h1-11,13,19-20,27-29H,12,14-16H2,(H2,25,30);2*1H/t19-,20-;;/m0../s1. The average molecular weight is 510 g/mol. The van der Waals surface area contributed by atoms with E-state index in [1.54, 1.807) is 12.1 Å². The van der Waals surface area contributed by atoms with Gasteiger partial charge in [-0.2, -0.15) is 0 Å². The van der Waals surface area contributed by atoms with E-state index in [1.165, 1.54) is 18.3 Å². The number of primary amides is 1. The number of hydrogen-bond donors (Lipinski definition) is 4. The Labute approximate surface area is 210 Å². The summed E-state index contributed by atoms with van der Waals surface area (Å²) in [7, 11) is 0. The van der Waals surface area contributed by atoms with E-state index in [2.05, 4.69) is 10.3 Å². The van der Waals surface area contributed by atoms with Crippen molar-refractivity contribution < 1.29 is 24.5 Å². The highest BCUT2D eigenvalue weighted by atomic mass is 35.5. The lowest BCUT2D eigenvalue weighted by Gasteiger charge is -2.19. The predicted molar refractivity (Wildman–Crippen MR) is 134 cm³/mol. The molecule has 0 saturated carbocycles. The lowest BCUT2D eigenvalue weighted by Crippen LogP contribution is -2.41. The Morgan fingerprint density at radius 2 is 1.74 bits per heavy atom. The van der Waals surface area contributed by atoms with E-state index < -0.39 is 12.0 Å². The van der Waals surface area contributed by atoms with Crippen molar-refractivity contribution in [3.05, 3.63) is 84.1 Å². The number of hydrogen-bond acceptors (Lipinski definition) is 7. The van der Waals surface area contributed by atoms with Crippen LogP contribution in [0.2, 0.25) is 0 Å². The fourth-order valence-electron chi connectivity index (χ4n) is 2.99. The number of nitrogens with one attached hydrogen (secondary N) is 1. The van der Waals surface area contributed by atoms with Crippen LogP contribution >= 0.6 is 24.8 Å². The molecule has 0 radical (unpaired) electrons. The number of pyridine rings is 1. The average Bonchev–Trinajstić information content (AvgIpc) is 2.82. The quantitative estimate of drug-likeness (QED) is 0.295. The molecule has 0 aliphatic carbocycles. The van der Waals surface area contributed by atoms with Crippen LogP contribution in [0.3, 0.4) is 0 Å². The molecule has 1 amide bonds. The minimum Gasteiger partial charge on any atom is -0.491 e. The van der Waals surface area contributed by atoms with Crippen LogP contribution in [0.5, 0.6) is 17.4 Å². The van der Waals surface area contributed by atoms with Gasteiger partial charge in [-0.05, 0) is 42.3 Å². The fraction of sp³-hybridized carbons (Fsp3) is 0.250. The lowest BCUT2D eigenvalue weighted by atomic mass is 10.1. The number of carbonyl (C=O) groups is 1. The molecule has 3 aromatic rings. The third-order valence-electron chi connectivity index (χ3n) is 4.70. The van der Waals surface area contributed by atoms with Crippen molar-refractivity contribution in [3.63, 3.8) is 0 Å². The summed E-state index contributed by atoms with van der Waals surface area (Å²) in [6.07, 6.45) is 1.32. The van der Waals surface area contributed by atoms with E-state index in [9.17, 15) is 15.0 Å². The van der Waals surface area contributed by atoms with Crippen molar-refractivity contribution in [1.29, 1.82) is 0 Å². The van der Waals surface area contributed by atoms with Gasteiger partial charge in [-0.1, -0.05) is 30.3 Å². The van der Waals surface area contributed by atoms with Crippen LogP contribution in [0.1, 0.15) is 15.9 Å². The van der Waals surface area contributed by atoms with Crippen molar-refractivity contribution in [2.24, 2.45) is 5.73 Å². The highest BCUT2D eigenvalue weighted by Gasteiger charge is 2.12. The molecule has 8 nitrogen and oxygen atoms in total. The van der Waals surface area contributed by atoms with Crippen molar-refractivity contribution in [2.45, 2.75) is 18.6 Å². The second-order valence-electron chi connectivity index (χ2n) is 7.26. The van der Waals surface area contributed by atoms with Crippen LogP contribution in [0, 0.1) is 0 Å². The SMILES string of the molecule is Cl.Cl.NC(=O)c1ccnc(Oc2ccc(C[C@@H](CO)NC[C@H](O)COc3ccccc3)cc2)c1. The normalized spacial score (nSPS) is 11.9. The summed E-state index contributed by atoms with van der Waals surface area (Å²) in [5, 5.41) is 23.0. The maximum Gasteiger partial charge on any atom is 0.248 e. The third-order valence-corrected chi connectivity index (χ3v) is 4.70. The molecule has 10 heteroatoms. The predicted octanol–water partition coefficient (Wildman–Crippen LogP) is 2.75. The maximum absolute atomic E-state index is 11.3. The molecule has 2 aromatic carbocycles. The second-order valence-corrected chi connectivity index (χ2v) is 7.26. The zero-order chi connectivity index (χ0) is 22.8. The topological polar surface area (TPSA) is 127 Å². The first-order valence-corrected chi connectivity index (χ1v) is 10.3. The third kappa shape index (κ3) is 9.54. The zero-order valence-corrected chi connectivity index (χ0v) is 20.0. The fourth-order valence-corrected chi connectivity index (χ4v) is 2.99. The number of aromatic nitrogens is 1. The van der Waals surface area contributed by atoms with Crippen molar-refractivity contribution in [3.8, 4) is 17.4 Å². The number of nitrogens with two attached hydrogens (primary N) is 1. The minimum absolute atomic E-state index is 0. The number of rotatable bonds is 12. The summed E-state index contributed by atoms with van der Waals surface area (Å²) < 4.78 is 11.2. The molecule has 2 atom stereocenters. The number of nitrogens with zero attached hydrogens (tertiary/aromatic N) is 1. The summed E-state index contributed by atoms with van der Waals surface area (Å²) in [5.74, 6) is 0.983. The Kier molecular flexibility index (Phi) is 13.0. The highest BCUT2D eigenvalue weighted by molar-refractivity contribution is 5.92. The number of aliphatic hydroxyl groups is 2. The van der Waals surface area contributed by atoms with Gasteiger partial charge in [0, 0.05) is 30.4 Å². The van der Waals surface area contributed by atoms with E-state index in [1.807, 2.05) is 42.5 Å². The largest absolute Gasteiger partial charge is 0.491 e. The van der Waals surface area contributed by atoms with Gasteiger partial charge in [0.25, 0.3) is 0 Å². The van der Waals surface area contributed by atoms with E-state index in [4.69, 9.17) is 15.2 Å². The van der Waals surface area contributed by atoms with Gasteiger partial charge in [0.2, 0.25) is 11.8 Å². The number of halogens is 2. The van der Waals surface area contributed by atoms with Crippen LogP contribution in [-0.2, 0) is 6.42 Å². The Morgan fingerprint density at radius 1 is 1.03 bits per heavy atom. The molecule has 0 spiro atoms. The van der Waals surface area contributed by atoms with Crippen LogP contribution in [0.4, 0.5) is 0 Å². The molecule has 5 N–H and O–H groups in total. The van der Waals surface area contributed by atoms with Gasteiger partial charge in [-0.25, -0.2) is 4.98 Å². The first-order chi connectivity index (χ1) is 15.5. The molecule has 0 unspecified atom stereocenters. The summed E-state index contributed by atoms with van der Waals surface area (Å²) in [6, 6.07) is 19.4. The number of amides is 1. The summed E-state index contributed by atoms with van der Waals surface area (Å²) in [5.41, 5.74) is 6.57. The number of aliphatic hydroxyl groups excluding tert-OH is 2. The van der Waals surface area contributed by atoms with Crippen molar-refractivity contribution in [2.75, 3.05) is 19.8 Å². The second kappa shape index (κ2) is 15.1. The molecule has 0 aliphatic heterocycles. The summed E-state index contributed by atoms with van der Waals surface area (Å²) >= 11 is 0. The molecular weight excluding hydrogens is 481 g/mol. The number of carbonyl (C=O) groups excluding carboxylic acids is 1. The Balaban J connectivity index is 0.00000289. The monoisotopic (exact) mass is 509 g/mol. The van der Waals surface area contributed by atoms with E-state index in [0.29, 0.717) is 30.0 Å². The van der Waals surface area contributed by atoms with Gasteiger partial charge in [0.15, 0.2) is 0 Å². The zero-order valence-electron chi connectivity index (χ0n) is 18.4. The maximum atomic E-state index is 11.3. The van der Waals surface area contributed by atoms with E-state index >= 15 is 0 Å². The van der Waals surface area contributed by atoms with Gasteiger partial charge >= 0.3 is 0 Å². The van der Waals surface area contributed by atoms with Crippen molar-refractivity contribution in [1.82, 2.24) is 10.3 Å². The van der Waals surface area contributed by atoms with Crippen molar-refractivity contribution >= 4 is 30.7 Å². The molecular formula is C24H29Cl2N3O5. The molecule has 0 bridgehead atoms. The van der Waals surface area contributed by atoms with Gasteiger partial charge in [0.05, 0.1) is 6.61 Å². The molecule has 1 heterocycles. The first kappa shape index (κ1) is 29.2. The molecule has 1 aromatic heterocycles. The molecule has 0 saturated heterocycles.